The first kappa shape index (κ1) is 20.5. The van der Waals surface area contributed by atoms with E-state index in [9.17, 15) is 9.18 Å². The van der Waals surface area contributed by atoms with Gasteiger partial charge < -0.3 is 4.90 Å². The molecule has 4 aromatic rings. The lowest BCUT2D eigenvalue weighted by molar-refractivity contribution is -0.131. The second-order valence-corrected chi connectivity index (χ2v) is 7.56. The van der Waals surface area contributed by atoms with Gasteiger partial charge in [-0.05, 0) is 39.9 Å². The summed E-state index contributed by atoms with van der Waals surface area (Å²) in [7, 11) is 0. The minimum absolute atomic E-state index is 0.0577. The van der Waals surface area contributed by atoms with E-state index in [4.69, 9.17) is 0 Å². The number of hydrogen-bond donors (Lipinski definition) is 0. The van der Waals surface area contributed by atoms with Gasteiger partial charge >= 0.3 is 0 Å². The number of amides is 1. The van der Waals surface area contributed by atoms with Crippen LogP contribution in [0.4, 0.5) is 4.39 Å². The maximum Gasteiger partial charge on any atom is 0.227 e. The van der Waals surface area contributed by atoms with Crippen molar-refractivity contribution >= 4 is 5.91 Å². The van der Waals surface area contributed by atoms with Gasteiger partial charge in [0, 0.05) is 13.1 Å². The van der Waals surface area contributed by atoms with Crippen molar-refractivity contribution in [2.24, 2.45) is 0 Å². The SMILES string of the molecule is O=C(Cc1ccccc1-c1ccc(F)cc1)N(Cc1ccccc1)Cc1ccccc1. The first-order chi connectivity index (χ1) is 15.2. The van der Waals surface area contributed by atoms with E-state index in [0.717, 1.165) is 27.8 Å². The zero-order valence-electron chi connectivity index (χ0n) is 17.2. The zero-order valence-corrected chi connectivity index (χ0v) is 17.2. The molecule has 0 aliphatic carbocycles. The molecule has 4 rings (SSSR count). The molecule has 0 aromatic heterocycles. The molecule has 3 heteroatoms. The molecule has 0 N–H and O–H groups in total. The van der Waals surface area contributed by atoms with Crippen LogP contribution in [0.15, 0.2) is 109 Å². The highest BCUT2D eigenvalue weighted by atomic mass is 19.1. The number of nitrogens with zero attached hydrogens (tertiary/aromatic N) is 1. The minimum atomic E-state index is -0.269. The maximum atomic E-state index is 13.4. The molecule has 1 amide bonds. The van der Waals surface area contributed by atoms with E-state index in [0.29, 0.717) is 13.1 Å². The van der Waals surface area contributed by atoms with Crippen molar-refractivity contribution in [1.82, 2.24) is 4.90 Å². The molecule has 0 saturated carbocycles. The number of hydrogen-bond acceptors (Lipinski definition) is 1. The van der Waals surface area contributed by atoms with Gasteiger partial charge in [-0.3, -0.25) is 4.79 Å². The van der Waals surface area contributed by atoms with Gasteiger partial charge in [-0.15, -0.1) is 0 Å². The molecule has 154 valence electrons. The quantitative estimate of drug-likeness (QED) is 0.353. The lowest BCUT2D eigenvalue weighted by Crippen LogP contribution is -2.31. The summed E-state index contributed by atoms with van der Waals surface area (Å²) in [6, 6.07) is 34.3. The Hall–Kier alpha value is -3.72. The molecule has 0 aliphatic heterocycles. The summed E-state index contributed by atoms with van der Waals surface area (Å²) in [5.41, 5.74) is 4.99. The predicted octanol–water partition coefficient (Wildman–Crippen LogP) is 6.26. The molecule has 0 heterocycles. The Balaban J connectivity index is 1.59. The zero-order chi connectivity index (χ0) is 21.5. The topological polar surface area (TPSA) is 20.3 Å². The average Bonchev–Trinajstić information content (AvgIpc) is 2.81. The molecule has 0 saturated heterocycles. The standard InChI is InChI=1S/C28H24FNO/c29-26-17-15-24(16-18-26)27-14-8-7-13-25(27)19-28(31)30(20-22-9-3-1-4-10-22)21-23-11-5-2-6-12-23/h1-18H,19-21H2. The van der Waals surface area contributed by atoms with E-state index in [1.807, 2.05) is 89.8 Å². The van der Waals surface area contributed by atoms with Crippen LogP contribution in [0.25, 0.3) is 11.1 Å². The monoisotopic (exact) mass is 409 g/mol. The fraction of sp³-hybridized carbons (Fsp3) is 0.107. The highest BCUT2D eigenvalue weighted by Crippen LogP contribution is 2.25. The van der Waals surface area contributed by atoms with Crippen LogP contribution in [0.5, 0.6) is 0 Å². The van der Waals surface area contributed by atoms with Crippen LogP contribution in [0.2, 0.25) is 0 Å². The minimum Gasteiger partial charge on any atom is -0.334 e. The first-order valence-electron chi connectivity index (χ1n) is 10.4. The van der Waals surface area contributed by atoms with E-state index in [-0.39, 0.29) is 18.1 Å². The van der Waals surface area contributed by atoms with Crippen LogP contribution in [0.1, 0.15) is 16.7 Å². The molecule has 0 unspecified atom stereocenters. The normalized spacial score (nSPS) is 10.6. The number of halogens is 1. The van der Waals surface area contributed by atoms with E-state index < -0.39 is 0 Å². The molecule has 0 aliphatic rings. The molecule has 4 aromatic carbocycles. The lowest BCUT2D eigenvalue weighted by Gasteiger charge is -2.24. The van der Waals surface area contributed by atoms with Crippen LogP contribution in [-0.4, -0.2) is 10.8 Å². The van der Waals surface area contributed by atoms with Crippen molar-refractivity contribution in [2.75, 3.05) is 0 Å². The Morgan fingerprint density at radius 3 is 1.74 bits per heavy atom. The van der Waals surface area contributed by atoms with E-state index >= 15 is 0 Å². The smallest absolute Gasteiger partial charge is 0.227 e. The highest BCUT2D eigenvalue weighted by molar-refractivity contribution is 5.82. The second-order valence-electron chi connectivity index (χ2n) is 7.56. The van der Waals surface area contributed by atoms with Gasteiger partial charge in [-0.25, -0.2) is 4.39 Å². The van der Waals surface area contributed by atoms with Crippen molar-refractivity contribution in [1.29, 1.82) is 0 Å². The molecule has 0 fully saturated rings. The molecular formula is C28H24FNO. The Kier molecular flexibility index (Phi) is 6.53. The molecule has 2 nitrogen and oxygen atoms in total. The van der Waals surface area contributed by atoms with Crippen molar-refractivity contribution in [3.05, 3.63) is 132 Å². The van der Waals surface area contributed by atoms with Gasteiger partial charge in [-0.1, -0.05) is 97.1 Å². The Morgan fingerprint density at radius 1 is 0.645 bits per heavy atom. The summed E-state index contributed by atoms with van der Waals surface area (Å²) < 4.78 is 13.4. The van der Waals surface area contributed by atoms with Crippen molar-refractivity contribution in [3.63, 3.8) is 0 Å². The van der Waals surface area contributed by atoms with Crippen LogP contribution in [0.3, 0.4) is 0 Å². The highest BCUT2D eigenvalue weighted by Gasteiger charge is 2.17. The fourth-order valence-corrected chi connectivity index (χ4v) is 3.70. The van der Waals surface area contributed by atoms with Gasteiger partial charge in [-0.2, -0.15) is 0 Å². The van der Waals surface area contributed by atoms with Gasteiger partial charge in [0.2, 0.25) is 5.91 Å². The summed E-state index contributed by atoms with van der Waals surface area (Å²) in [5, 5.41) is 0. The predicted molar refractivity (Wildman–Crippen MR) is 123 cm³/mol. The average molecular weight is 410 g/mol. The summed E-state index contributed by atoms with van der Waals surface area (Å²) in [6.07, 6.45) is 0.285. The molecule has 0 bridgehead atoms. The summed E-state index contributed by atoms with van der Waals surface area (Å²) in [6.45, 7) is 1.10. The number of benzene rings is 4. The van der Waals surface area contributed by atoms with E-state index in [1.165, 1.54) is 12.1 Å². The number of rotatable bonds is 7. The third-order valence-corrected chi connectivity index (χ3v) is 5.30. The van der Waals surface area contributed by atoms with Crippen molar-refractivity contribution in [2.45, 2.75) is 19.5 Å². The van der Waals surface area contributed by atoms with Crippen LogP contribution in [0, 0.1) is 5.82 Å². The van der Waals surface area contributed by atoms with Crippen molar-refractivity contribution < 1.29 is 9.18 Å². The number of carbonyl (C=O) groups is 1. The lowest BCUT2D eigenvalue weighted by atomic mass is 9.97. The number of carbonyl (C=O) groups excluding carboxylic acids is 1. The van der Waals surface area contributed by atoms with Crippen LogP contribution < -0.4 is 0 Å². The third kappa shape index (κ3) is 5.46. The Bertz CT molecular complexity index is 1080. The first-order valence-corrected chi connectivity index (χ1v) is 10.4. The van der Waals surface area contributed by atoms with E-state index in [2.05, 4.69) is 0 Å². The molecule has 31 heavy (non-hydrogen) atoms. The molecule has 0 radical (unpaired) electrons. The van der Waals surface area contributed by atoms with Gasteiger partial charge in [0.25, 0.3) is 0 Å². The fourth-order valence-electron chi connectivity index (χ4n) is 3.70. The molecular weight excluding hydrogens is 385 g/mol. The maximum absolute atomic E-state index is 13.4. The molecule has 0 spiro atoms. The van der Waals surface area contributed by atoms with Gasteiger partial charge in [0.05, 0.1) is 6.42 Å². The van der Waals surface area contributed by atoms with E-state index in [1.54, 1.807) is 12.1 Å². The Morgan fingerprint density at radius 2 is 1.16 bits per heavy atom. The third-order valence-electron chi connectivity index (χ3n) is 5.30. The van der Waals surface area contributed by atoms with Crippen molar-refractivity contribution in [3.8, 4) is 11.1 Å². The molecule has 0 atom stereocenters. The summed E-state index contributed by atoms with van der Waals surface area (Å²) >= 11 is 0. The van der Waals surface area contributed by atoms with Gasteiger partial charge in [0.15, 0.2) is 0 Å². The van der Waals surface area contributed by atoms with Crippen LogP contribution in [-0.2, 0) is 24.3 Å². The largest absolute Gasteiger partial charge is 0.334 e. The summed E-state index contributed by atoms with van der Waals surface area (Å²) in [4.78, 5) is 15.3. The summed E-state index contributed by atoms with van der Waals surface area (Å²) in [5.74, 6) is -0.212. The Labute approximate surface area is 182 Å². The van der Waals surface area contributed by atoms with Gasteiger partial charge in [0.1, 0.15) is 5.82 Å². The second kappa shape index (κ2) is 9.86. The van der Waals surface area contributed by atoms with Crippen LogP contribution >= 0.6 is 0 Å².